The van der Waals surface area contributed by atoms with Crippen molar-refractivity contribution in [3.63, 3.8) is 0 Å². The van der Waals surface area contributed by atoms with Crippen molar-refractivity contribution >= 4 is 29.7 Å². The maximum atomic E-state index is 13.0. The van der Waals surface area contributed by atoms with Crippen molar-refractivity contribution in [2.24, 2.45) is 0 Å². The molecule has 0 saturated carbocycles. The maximum absolute atomic E-state index is 13.0. The monoisotopic (exact) mass is 393 g/mol. The van der Waals surface area contributed by atoms with Crippen LogP contribution in [-0.2, 0) is 3.83 Å². The third-order valence-corrected chi connectivity index (χ3v) is 7.56. The predicted molar refractivity (Wildman–Crippen MR) is 94.9 cm³/mol. The normalized spacial score (nSPS) is 21.1. The number of fused-ring (bicyclic) bond motifs is 1. The summed E-state index contributed by atoms with van der Waals surface area (Å²) in [7, 11) is 0. The predicted octanol–water partition coefficient (Wildman–Crippen LogP) is 1.59. The van der Waals surface area contributed by atoms with Gasteiger partial charge in [-0.15, -0.1) is 0 Å². The van der Waals surface area contributed by atoms with E-state index in [-0.39, 0.29) is 5.82 Å². The first-order valence-electron chi connectivity index (χ1n) is 8.16. The van der Waals surface area contributed by atoms with Crippen molar-refractivity contribution in [2.75, 3.05) is 48.1 Å². The van der Waals surface area contributed by atoms with E-state index in [1.54, 1.807) is 0 Å². The summed E-state index contributed by atoms with van der Waals surface area (Å²) in [5, 5.41) is 0. The zero-order valence-corrected chi connectivity index (χ0v) is 15.1. The van der Waals surface area contributed by atoms with Crippen molar-refractivity contribution in [2.45, 2.75) is 0 Å². The van der Waals surface area contributed by atoms with E-state index in [2.05, 4.69) is 20.8 Å². The number of hydrogen-bond acceptors (Lipinski definition) is 4. The van der Waals surface area contributed by atoms with Gasteiger partial charge in [0.1, 0.15) is 0 Å². The molecule has 0 N–H and O–H groups in total. The quantitative estimate of drug-likeness (QED) is 0.742. The van der Waals surface area contributed by atoms with Gasteiger partial charge in [-0.25, -0.2) is 0 Å². The van der Waals surface area contributed by atoms with Crippen molar-refractivity contribution in [3.05, 3.63) is 54.3 Å². The number of piperazine rings is 1. The average Bonchev–Trinajstić information content (AvgIpc) is 2.93. The Morgan fingerprint density at radius 1 is 0.958 bits per heavy atom. The van der Waals surface area contributed by atoms with Gasteiger partial charge < -0.3 is 0 Å². The summed E-state index contributed by atoms with van der Waals surface area (Å²) in [6, 6.07) is 14.8. The number of halogens is 1. The van der Waals surface area contributed by atoms with Gasteiger partial charge in [-0.2, -0.15) is 0 Å². The Labute approximate surface area is 145 Å². The number of nitrogens with zero attached hydrogens (tertiary/aromatic N) is 3. The van der Waals surface area contributed by atoms with E-state index in [1.807, 2.05) is 30.3 Å². The standard InChI is InChI=1S/C18H20FN3OSe/c19-15-5-7-16(8-6-15)21-11-9-20(10-12-21)13-22-14-24(23)18-4-2-1-3-17(18)22/h1-8H,9-14H2. The molecule has 2 aliphatic rings. The molecule has 1 atom stereocenters. The van der Waals surface area contributed by atoms with E-state index in [0.29, 0.717) is 5.44 Å². The molecule has 24 heavy (non-hydrogen) atoms. The van der Waals surface area contributed by atoms with Crippen LogP contribution in [0, 0.1) is 5.82 Å². The number of hydrogen-bond donors (Lipinski definition) is 0. The minimum atomic E-state index is -1.90. The van der Waals surface area contributed by atoms with Crippen molar-refractivity contribution in [1.82, 2.24) is 4.90 Å². The molecule has 2 aliphatic heterocycles. The van der Waals surface area contributed by atoms with Gasteiger partial charge in [-0.3, -0.25) is 0 Å². The minimum absolute atomic E-state index is 0.194. The molecular formula is C18H20FN3OSe. The molecule has 2 aromatic rings. The van der Waals surface area contributed by atoms with Gasteiger partial charge >= 0.3 is 145 Å². The molecule has 1 saturated heterocycles. The molecule has 6 heteroatoms. The summed E-state index contributed by atoms with van der Waals surface area (Å²) < 4.78 is 26.4. The summed E-state index contributed by atoms with van der Waals surface area (Å²) in [6.45, 7) is 4.60. The fourth-order valence-electron chi connectivity index (χ4n) is 3.35. The third kappa shape index (κ3) is 3.09. The van der Waals surface area contributed by atoms with E-state index in [4.69, 9.17) is 0 Å². The first kappa shape index (κ1) is 15.8. The van der Waals surface area contributed by atoms with Gasteiger partial charge in [0.25, 0.3) is 0 Å². The number of anilines is 2. The second kappa shape index (κ2) is 6.63. The topological polar surface area (TPSA) is 26.8 Å². The van der Waals surface area contributed by atoms with Crippen LogP contribution in [0.1, 0.15) is 0 Å². The molecule has 2 aromatic carbocycles. The van der Waals surface area contributed by atoms with Crippen molar-refractivity contribution < 1.29 is 8.23 Å². The van der Waals surface area contributed by atoms with Crippen LogP contribution in [0.25, 0.3) is 0 Å². The number of para-hydroxylation sites is 1. The van der Waals surface area contributed by atoms with Crippen molar-refractivity contribution in [1.29, 1.82) is 0 Å². The van der Waals surface area contributed by atoms with Crippen LogP contribution in [0.4, 0.5) is 15.8 Å². The van der Waals surface area contributed by atoms with E-state index >= 15 is 0 Å². The second-order valence-corrected chi connectivity index (χ2v) is 9.12. The van der Waals surface area contributed by atoms with Crippen LogP contribution in [0.5, 0.6) is 0 Å². The molecule has 126 valence electrons. The molecule has 2 heterocycles. The zero-order valence-electron chi connectivity index (χ0n) is 13.4. The Morgan fingerprint density at radius 3 is 2.42 bits per heavy atom. The fraction of sp³-hybridized carbons (Fsp3) is 0.333. The molecular weight excluding hydrogens is 372 g/mol. The molecule has 0 aromatic heterocycles. The molecule has 1 fully saturated rings. The van der Waals surface area contributed by atoms with E-state index < -0.39 is 13.8 Å². The molecule has 4 nitrogen and oxygen atoms in total. The molecule has 0 aliphatic carbocycles. The van der Waals surface area contributed by atoms with E-state index in [9.17, 15) is 8.23 Å². The van der Waals surface area contributed by atoms with Crippen LogP contribution in [0.15, 0.2) is 48.5 Å². The van der Waals surface area contributed by atoms with Gasteiger partial charge in [0.15, 0.2) is 0 Å². The van der Waals surface area contributed by atoms with Gasteiger partial charge in [0.05, 0.1) is 0 Å². The van der Waals surface area contributed by atoms with Crippen LogP contribution in [0.3, 0.4) is 0 Å². The SMILES string of the molecule is O=[Se]1CN(CN2CCN(c3ccc(F)cc3)CC2)c2ccccc21. The van der Waals surface area contributed by atoms with Gasteiger partial charge in [-0.05, 0) is 0 Å². The van der Waals surface area contributed by atoms with Crippen LogP contribution >= 0.6 is 0 Å². The number of rotatable bonds is 3. The zero-order chi connectivity index (χ0) is 16.5. The summed E-state index contributed by atoms with van der Waals surface area (Å²) in [4.78, 5) is 6.94. The molecule has 4 rings (SSSR count). The second-order valence-electron chi connectivity index (χ2n) is 6.21. The van der Waals surface area contributed by atoms with Crippen molar-refractivity contribution in [3.8, 4) is 0 Å². The number of benzene rings is 2. The average molecular weight is 392 g/mol. The van der Waals surface area contributed by atoms with Gasteiger partial charge in [0.2, 0.25) is 0 Å². The Morgan fingerprint density at radius 2 is 1.67 bits per heavy atom. The van der Waals surface area contributed by atoms with E-state index in [1.165, 1.54) is 12.1 Å². The van der Waals surface area contributed by atoms with Crippen LogP contribution in [0.2, 0.25) is 0 Å². The Bertz CT molecular complexity index is 744. The van der Waals surface area contributed by atoms with Crippen LogP contribution < -0.4 is 14.3 Å². The molecule has 0 spiro atoms. The summed E-state index contributed by atoms with van der Waals surface area (Å²) in [6.07, 6.45) is 0. The summed E-state index contributed by atoms with van der Waals surface area (Å²) in [5.41, 5.74) is 2.89. The Hall–Kier alpha value is -1.75. The van der Waals surface area contributed by atoms with Gasteiger partial charge in [0, 0.05) is 0 Å². The molecule has 0 radical (unpaired) electrons. The first-order valence-corrected chi connectivity index (χ1v) is 10.9. The first-order chi connectivity index (χ1) is 11.7. The van der Waals surface area contributed by atoms with E-state index in [0.717, 1.165) is 48.7 Å². The molecule has 1 unspecified atom stereocenters. The van der Waals surface area contributed by atoms with Crippen LogP contribution in [-0.4, -0.2) is 57.0 Å². The fourth-order valence-corrected chi connectivity index (χ4v) is 6.08. The summed E-state index contributed by atoms with van der Waals surface area (Å²) >= 11 is -1.90. The van der Waals surface area contributed by atoms with Gasteiger partial charge in [-0.1, -0.05) is 0 Å². The Balaban J connectivity index is 1.37. The molecule has 0 bridgehead atoms. The molecule has 0 amide bonds. The third-order valence-electron chi connectivity index (χ3n) is 4.66. The Kier molecular flexibility index (Phi) is 4.35. The summed E-state index contributed by atoms with van der Waals surface area (Å²) in [5.74, 6) is -0.194.